The molecule has 1 aromatic rings. The molecule has 0 aliphatic rings. The molecule has 0 amide bonds. The van der Waals surface area contributed by atoms with Crippen LogP contribution in [-0.4, -0.2) is 18.3 Å². The molecule has 0 bridgehead atoms. The van der Waals surface area contributed by atoms with Gasteiger partial charge in [-0.3, -0.25) is 0 Å². The zero-order valence-electron chi connectivity index (χ0n) is 9.70. The smallest absolute Gasteiger partial charge is 0.0161 e. The second kappa shape index (κ2) is 7.77. The minimum atomic E-state index is 0.658. The summed E-state index contributed by atoms with van der Waals surface area (Å²) in [6, 6.07) is 11.3. The predicted octanol–water partition coefficient (Wildman–Crippen LogP) is 3.56. The van der Waals surface area contributed by atoms with Crippen molar-refractivity contribution in [1.29, 1.82) is 0 Å². The summed E-state index contributed by atoms with van der Waals surface area (Å²) in [5, 5.41) is 3.53. The summed E-state index contributed by atoms with van der Waals surface area (Å²) in [5.41, 5.74) is 0. The van der Waals surface area contributed by atoms with Gasteiger partial charge in [-0.1, -0.05) is 38.5 Å². The topological polar surface area (TPSA) is 12.0 Å². The Hall–Kier alpha value is -0.470. The fourth-order valence-corrected chi connectivity index (χ4v) is 2.62. The summed E-state index contributed by atoms with van der Waals surface area (Å²) in [4.78, 5) is 1.37. The molecule has 0 spiro atoms. The molecule has 0 heterocycles. The summed E-state index contributed by atoms with van der Waals surface area (Å²) < 4.78 is 0. The largest absolute Gasteiger partial charge is 0.313 e. The lowest BCUT2D eigenvalue weighted by Crippen LogP contribution is -2.30. The number of rotatable bonds is 7. The van der Waals surface area contributed by atoms with E-state index < -0.39 is 0 Å². The quantitative estimate of drug-likeness (QED) is 0.709. The van der Waals surface area contributed by atoms with E-state index in [9.17, 15) is 0 Å². The lowest BCUT2D eigenvalue weighted by molar-refractivity contribution is 0.531. The molecule has 1 unspecified atom stereocenters. The highest BCUT2D eigenvalue weighted by Crippen LogP contribution is 2.19. The molecule has 1 aromatic carbocycles. The van der Waals surface area contributed by atoms with Gasteiger partial charge >= 0.3 is 0 Å². The van der Waals surface area contributed by atoms with Crippen molar-refractivity contribution in [3.05, 3.63) is 30.3 Å². The molecular weight excluding hydrogens is 202 g/mol. The van der Waals surface area contributed by atoms with Crippen LogP contribution < -0.4 is 5.32 Å². The summed E-state index contributed by atoms with van der Waals surface area (Å²) in [5.74, 6) is 1.17. The van der Waals surface area contributed by atoms with E-state index in [0.29, 0.717) is 6.04 Å². The third kappa shape index (κ3) is 5.24. The van der Waals surface area contributed by atoms with Crippen LogP contribution in [0.15, 0.2) is 35.2 Å². The molecule has 2 heteroatoms. The normalized spacial score (nSPS) is 12.7. The first-order valence-electron chi connectivity index (χ1n) is 5.78. The minimum absolute atomic E-state index is 0.658. The van der Waals surface area contributed by atoms with Crippen LogP contribution in [0.1, 0.15) is 26.7 Å². The summed E-state index contributed by atoms with van der Waals surface area (Å²) in [6.07, 6.45) is 2.53. The predicted molar refractivity (Wildman–Crippen MR) is 69.5 cm³/mol. The number of nitrogens with one attached hydrogen (secondary N) is 1. The Morgan fingerprint density at radius 1 is 1.20 bits per heavy atom. The van der Waals surface area contributed by atoms with Crippen molar-refractivity contribution in [3.8, 4) is 0 Å². The van der Waals surface area contributed by atoms with Gasteiger partial charge in [-0.15, -0.1) is 11.8 Å². The van der Waals surface area contributed by atoms with Gasteiger partial charge in [0, 0.05) is 16.7 Å². The maximum Gasteiger partial charge on any atom is 0.0161 e. The highest BCUT2D eigenvalue weighted by Gasteiger charge is 2.05. The fourth-order valence-electron chi connectivity index (χ4n) is 1.59. The molecule has 1 rings (SSSR count). The Labute approximate surface area is 97.7 Å². The van der Waals surface area contributed by atoms with Crippen LogP contribution in [0.5, 0.6) is 0 Å². The van der Waals surface area contributed by atoms with Gasteiger partial charge in [0.05, 0.1) is 0 Å². The van der Waals surface area contributed by atoms with Gasteiger partial charge in [0.1, 0.15) is 0 Å². The van der Waals surface area contributed by atoms with Crippen molar-refractivity contribution in [2.45, 2.75) is 37.6 Å². The average Bonchev–Trinajstić information content (AvgIpc) is 2.28. The van der Waals surface area contributed by atoms with Crippen LogP contribution in [0.4, 0.5) is 0 Å². The Kier molecular flexibility index (Phi) is 6.53. The van der Waals surface area contributed by atoms with Gasteiger partial charge in [0.25, 0.3) is 0 Å². The fraction of sp³-hybridized carbons (Fsp3) is 0.538. The van der Waals surface area contributed by atoms with Crippen molar-refractivity contribution in [3.63, 3.8) is 0 Å². The molecular formula is C13H21NS. The maximum absolute atomic E-state index is 3.53. The molecule has 15 heavy (non-hydrogen) atoms. The second-order valence-electron chi connectivity index (χ2n) is 3.67. The van der Waals surface area contributed by atoms with E-state index >= 15 is 0 Å². The second-order valence-corrected chi connectivity index (χ2v) is 4.76. The van der Waals surface area contributed by atoms with Gasteiger partial charge in [0.2, 0.25) is 0 Å². The molecule has 1 atom stereocenters. The number of thioether (sulfide) groups is 1. The Morgan fingerprint density at radius 2 is 1.93 bits per heavy atom. The molecule has 1 nitrogen and oxygen atoms in total. The van der Waals surface area contributed by atoms with E-state index in [0.717, 1.165) is 6.54 Å². The van der Waals surface area contributed by atoms with E-state index in [4.69, 9.17) is 0 Å². The lowest BCUT2D eigenvalue weighted by Gasteiger charge is -2.16. The summed E-state index contributed by atoms with van der Waals surface area (Å²) in [6.45, 7) is 5.49. The first kappa shape index (κ1) is 12.6. The highest BCUT2D eigenvalue weighted by molar-refractivity contribution is 7.99. The monoisotopic (exact) mass is 223 g/mol. The lowest BCUT2D eigenvalue weighted by atomic mass is 10.2. The molecule has 0 aliphatic heterocycles. The van der Waals surface area contributed by atoms with Crippen molar-refractivity contribution < 1.29 is 0 Å². The standard InChI is InChI=1S/C13H21NS/c1-3-8-12(14-4-2)11-15-13-9-6-5-7-10-13/h5-7,9-10,12,14H,3-4,8,11H2,1-2H3. The molecule has 0 radical (unpaired) electrons. The van der Waals surface area contributed by atoms with Crippen molar-refractivity contribution in [2.75, 3.05) is 12.3 Å². The van der Waals surface area contributed by atoms with Gasteiger partial charge in [-0.05, 0) is 25.1 Å². The van der Waals surface area contributed by atoms with Gasteiger partial charge in [0.15, 0.2) is 0 Å². The Balaban J connectivity index is 2.33. The molecule has 0 saturated carbocycles. The summed E-state index contributed by atoms with van der Waals surface area (Å²) in [7, 11) is 0. The van der Waals surface area contributed by atoms with Gasteiger partial charge in [-0.25, -0.2) is 0 Å². The number of hydrogen-bond donors (Lipinski definition) is 1. The molecule has 1 N–H and O–H groups in total. The maximum atomic E-state index is 3.53. The first-order valence-corrected chi connectivity index (χ1v) is 6.76. The van der Waals surface area contributed by atoms with E-state index in [1.54, 1.807) is 0 Å². The van der Waals surface area contributed by atoms with Crippen molar-refractivity contribution >= 4 is 11.8 Å². The minimum Gasteiger partial charge on any atom is -0.313 e. The zero-order chi connectivity index (χ0) is 10.9. The molecule has 0 fully saturated rings. The average molecular weight is 223 g/mol. The van der Waals surface area contributed by atoms with E-state index in [-0.39, 0.29) is 0 Å². The van der Waals surface area contributed by atoms with E-state index in [1.807, 2.05) is 11.8 Å². The van der Waals surface area contributed by atoms with Crippen LogP contribution >= 0.6 is 11.8 Å². The number of hydrogen-bond acceptors (Lipinski definition) is 2. The molecule has 84 valence electrons. The van der Waals surface area contributed by atoms with E-state index in [1.165, 1.54) is 23.5 Å². The zero-order valence-corrected chi connectivity index (χ0v) is 10.5. The molecule has 0 saturated heterocycles. The van der Waals surface area contributed by atoms with Gasteiger partial charge in [-0.2, -0.15) is 0 Å². The molecule has 0 aromatic heterocycles. The van der Waals surface area contributed by atoms with E-state index in [2.05, 4.69) is 49.5 Å². The van der Waals surface area contributed by atoms with Crippen LogP contribution in [0, 0.1) is 0 Å². The molecule has 0 aliphatic carbocycles. The Bertz CT molecular complexity index is 242. The van der Waals surface area contributed by atoms with Crippen molar-refractivity contribution in [1.82, 2.24) is 5.32 Å². The van der Waals surface area contributed by atoms with Crippen LogP contribution in [0.2, 0.25) is 0 Å². The van der Waals surface area contributed by atoms with Crippen LogP contribution in [0.3, 0.4) is 0 Å². The first-order chi connectivity index (χ1) is 7.36. The highest BCUT2D eigenvalue weighted by atomic mass is 32.2. The SMILES string of the molecule is CCCC(CSc1ccccc1)NCC. The summed E-state index contributed by atoms with van der Waals surface area (Å²) >= 11 is 1.95. The van der Waals surface area contributed by atoms with Crippen molar-refractivity contribution in [2.24, 2.45) is 0 Å². The number of benzene rings is 1. The Morgan fingerprint density at radius 3 is 2.53 bits per heavy atom. The van der Waals surface area contributed by atoms with Crippen LogP contribution in [0.25, 0.3) is 0 Å². The van der Waals surface area contributed by atoms with Gasteiger partial charge < -0.3 is 5.32 Å². The third-order valence-corrected chi connectivity index (χ3v) is 3.50. The van der Waals surface area contributed by atoms with Crippen LogP contribution in [-0.2, 0) is 0 Å². The third-order valence-electron chi connectivity index (χ3n) is 2.32.